The van der Waals surface area contributed by atoms with Crippen molar-refractivity contribution in [3.8, 4) is 5.75 Å². The van der Waals surface area contributed by atoms with Crippen molar-refractivity contribution < 1.29 is 14.7 Å². The van der Waals surface area contributed by atoms with Crippen LogP contribution in [0.4, 0.5) is 5.69 Å². The number of carbonyl (C=O) groups is 2. The van der Waals surface area contributed by atoms with Crippen molar-refractivity contribution in [3.05, 3.63) is 95.6 Å². The number of benzene rings is 3. The molecule has 3 N–H and O–H groups in total. The highest BCUT2D eigenvalue weighted by Gasteiger charge is 2.34. The summed E-state index contributed by atoms with van der Waals surface area (Å²) in [6, 6.07) is 23.0. The minimum absolute atomic E-state index is 0.131. The van der Waals surface area contributed by atoms with E-state index < -0.39 is 6.17 Å². The Kier molecular flexibility index (Phi) is 4.68. The third-order valence-corrected chi connectivity index (χ3v) is 4.59. The zero-order valence-electron chi connectivity index (χ0n) is 15.0. The van der Waals surface area contributed by atoms with E-state index in [1.165, 1.54) is 5.01 Å². The molecular formula is C22H19N3O3. The maximum Gasteiger partial charge on any atom is 0.276 e. The topological polar surface area (TPSA) is 81.7 Å². The van der Waals surface area contributed by atoms with Crippen molar-refractivity contribution in [2.24, 2.45) is 0 Å². The predicted molar refractivity (Wildman–Crippen MR) is 105 cm³/mol. The molecule has 0 aliphatic carbocycles. The summed E-state index contributed by atoms with van der Waals surface area (Å²) in [5.74, 6) is -0.454. The predicted octanol–water partition coefficient (Wildman–Crippen LogP) is 3.23. The van der Waals surface area contributed by atoms with Gasteiger partial charge in [-0.25, -0.2) is 5.01 Å². The van der Waals surface area contributed by atoms with E-state index in [4.69, 9.17) is 0 Å². The Hall–Kier alpha value is -3.80. The maximum absolute atomic E-state index is 13.1. The summed E-state index contributed by atoms with van der Waals surface area (Å²) >= 11 is 0. The Morgan fingerprint density at radius 3 is 2.39 bits per heavy atom. The van der Waals surface area contributed by atoms with E-state index in [1.54, 1.807) is 36.4 Å². The fourth-order valence-corrected chi connectivity index (χ4v) is 3.21. The first kappa shape index (κ1) is 17.6. The van der Waals surface area contributed by atoms with Crippen molar-refractivity contribution in [1.29, 1.82) is 0 Å². The molecule has 6 heteroatoms. The molecule has 0 radical (unpaired) electrons. The summed E-state index contributed by atoms with van der Waals surface area (Å²) in [6.45, 7) is 0. The van der Waals surface area contributed by atoms with Crippen molar-refractivity contribution >= 4 is 17.5 Å². The number of hydrazine groups is 1. The second-order valence-electron chi connectivity index (χ2n) is 6.56. The highest BCUT2D eigenvalue weighted by molar-refractivity contribution is 6.02. The van der Waals surface area contributed by atoms with Crippen LogP contribution in [-0.4, -0.2) is 21.9 Å². The van der Waals surface area contributed by atoms with E-state index in [0.717, 1.165) is 11.1 Å². The van der Waals surface area contributed by atoms with E-state index >= 15 is 0 Å². The zero-order valence-corrected chi connectivity index (χ0v) is 15.0. The Labute approximate surface area is 162 Å². The molecule has 0 saturated heterocycles. The van der Waals surface area contributed by atoms with Crippen molar-refractivity contribution in [1.82, 2.24) is 10.4 Å². The van der Waals surface area contributed by atoms with Gasteiger partial charge in [0.15, 0.2) is 0 Å². The van der Waals surface area contributed by atoms with Gasteiger partial charge in [0.25, 0.3) is 5.91 Å². The Morgan fingerprint density at radius 1 is 0.964 bits per heavy atom. The number of amides is 2. The van der Waals surface area contributed by atoms with E-state index in [2.05, 4.69) is 10.7 Å². The van der Waals surface area contributed by atoms with Gasteiger partial charge in [0.1, 0.15) is 11.9 Å². The van der Waals surface area contributed by atoms with E-state index in [9.17, 15) is 14.7 Å². The second kappa shape index (κ2) is 7.44. The van der Waals surface area contributed by atoms with Crippen LogP contribution in [0.25, 0.3) is 0 Å². The number of rotatable bonds is 4. The monoisotopic (exact) mass is 373 g/mol. The van der Waals surface area contributed by atoms with Gasteiger partial charge in [-0.05, 0) is 35.4 Å². The van der Waals surface area contributed by atoms with Gasteiger partial charge in [-0.3, -0.25) is 15.0 Å². The average Bonchev–Trinajstić information content (AvgIpc) is 2.71. The lowest BCUT2D eigenvalue weighted by atomic mass is 10.0. The Morgan fingerprint density at radius 2 is 1.64 bits per heavy atom. The molecule has 0 bridgehead atoms. The maximum atomic E-state index is 13.1. The van der Waals surface area contributed by atoms with Crippen LogP contribution in [0.15, 0.2) is 78.9 Å². The highest BCUT2D eigenvalue weighted by atomic mass is 16.3. The quantitative estimate of drug-likeness (QED) is 0.656. The van der Waals surface area contributed by atoms with Crippen LogP contribution < -0.4 is 10.7 Å². The van der Waals surface area contributed by atoms with Crippen LogP contribution in [0.3, 0.4) is 0 Å². The van der Waals surface area contributed by atoms with Crippen LogP contribution >= 0.6 is 0 Å². The molecule has 0 fully saturated rings. The van der Waals surface area contributed by atoms with Crippen molar-refractivity contribution in [2.75, 3.05) is 5.32 Å². The minimum atomic E-state index is -0.595. The number of phenols is 1. The van der Waals surface area contributed by atoms with Crippen molar-refractivity contribution in [2.45, 2.75) is 12.6 Å². The summed E-state index contributed by atoms with van der Waals surface area (Å²) in [5.41, 5.74) is 5.52. The van der Waals surface area contributed by atoms with Gasteiger partial charge in [0.05, 0.1) is 12.0 Å². The molecule has 1 unspecified atom stereocenters. The number of phenolic OH excluding ortho intramolecular Hbond substituents is 1. The summed E-state index contributed by atoms with van der Waals surface area (Å²) in [6.07, 6.45) is -0.433. The SMILES string of the molecule is O=C(Cc1ccccc1)NN1C(=O)c2ccccc2NC1c1ccc(O)cc1. The van der Waals surface area contributed by atoms with Gasteiger partial charge in [-0.15, -0.1) is 0 Å². The molecule has 140 valence electrons. The smallest absolute Gasteiger partial charge is 0.276 e. The first-order chi connectivity index (χ1) is 13.6. The van der Waals surface area contributed by atoms with E-state index in [1.807, 2.05) is 42.5 Å². The van der Waals surface area contributed by atoms with Gasteiger partial charge in [0, 0.05) is 5.69 Å². The molecule has 0 saturated carbocycles. The summed E-state index contributed by atoms with van der Waals surface area (Å²) in [4.78, 5) is 25.7. The van der Waals surface area contributed by atoms with Crippen LogP contribution in [0.1, 0.15) is 27.7 Å². The first-order valence-electron chi connectivity index (χ1n) is 8.93. The largest absolute Gasteiger partial charge is 0.508 e. The fraction of sp³-hybridized carbons (Fsp3) is 0.0909. The summed E-state index contributed by atoms with van der Waals surface area (Å²) in [7, 11) is 0. The van der Waals surface area contributed by atoms with E-state index in [0.29, 0.717) is 11.3 Å². The number of nitrogens with zero attached hydrogens (tertiary/aromatic N) is 1. The third-order valence-electron chi connectivity index (χ3n) is 4.59. The fourth-order valence-electron chi connectivity index (χ4n) is 3.21. The summed E-state index contributed by atoms with van der Waals surface area (Å²) < 4.78 is 0. The molecule has 3 aromatic rings. The average molecular weight is 373 g/mol. The Bertz CT molecular complexity index is 1000. The molecule has 1 heterocycles. The lowest BCUT2D eigenvalue weighted by Crippen LogP contribution is -2.53. The molecule has 4 rings (SSSR count). The highest BCUT2D eigenvalue weighted by Crippen LogP contribution is 2.32. The van der Waals surface area contributed by atoms with Gasteiger partial charge < -0.3 is 10.4 Å². The van der Waals surface area contributed by atoms with Crippen LogP contribution in [-0.2, 0) is 11.2 Å². The van der Waals surface area contributed by atoms with Crippen LogP contribution in [0, 0.1) is 0 Å². The molecule has 1 aliphatic rings. The van der Waals surface area contributed by atoms with Gasteiger partial charge in [-0.2, -0.15) is 0 Å². The Balaban J connectivity index is 1.63. The number of para-hydroxylation sites is 1. The number of anilines is 1. The number of nitrogens with one attached hydrogen (secondary N) is 2. The van der Waals surface area contributed by atoms with Crippen LogP contribution in [0.5, 0.6) is 5.75 Å². The lowest BCUT2D eigenvalue weighted by Gasteiger charge is -2.37. The number of carbonyl (C=O) groups excluding carboxylic acids is 2. The van der Waals surface area contributed by atoms with Crippen molar-refractivity contribution in [3.63, 3.8) is 0 Å². The number of hydrogen-bond acceptors (Lipinski definition) is 4. The molecule has 0 spiro atoms. The molecule has 1 atom stereocenters. The molecule has 6 nitrogen and oxygen atoms in total. The zero-order chi connectivity index (χ0) is 19.5. The normalized spacial score (nSPS) is 15.5. The standard InChI is InChI=1S/C22H19N3O3/c26-17-12-10-16(11-13-17)21-23-19-9-5-4-8-18(19)22(28)25(21)24-20(27)14-15-6-2-1-3-7-15/h1-13,21,23,26H,14H2,(H,24,27). The van der Waals surface area contributed by atoms with Gasteiger partial charge in [-0.1, -0.05) is 54.6 Å². The molecule has 28 heavy (non-hydrogen) atoms. The number of fused-ring (bicyclic) bond motifs is 1. The van der Waals surface area contributed by atoms with Crippen LogP contribution in [0.2, 0.25) is 0 Å². The molecule has 3 aromatic carbocycles. The minimum Gasteiger partial charge on any atom is -0.508 e. The first-order valence-corrected chi connectivity index (χ1v) is 8.93. The number of aromatic hydroxyl groups is 1. The second-order valence-corrected chi connectivity index (χ2v) is 6.56. The lowest BCUT2D eigenvalue weighted by molar-refractivity contribution is -0.125. The van der Waals surface area contributed by atoms with Gasteiger partial charge >= 0.3 is 0 Å². The molecular weight excluding hydrogens is 354 g/mol. The third kappa shape index (κ3) is 3.53. The molecule has 0 aromatic heterocycles. The summed E-state index contributed by atoms with van der Waals surface area (Å²) in [5, 5.41) is 14.2. The van der Waals surface area contributed by atoms with Gasteiger partial charge in [0.2, 0.25) is 5.91 Å². The number of hydrogen-bond donors (Lipinski definition) is 3. The van der Waals surface area contributed by atoms with E-state index in [-0.39, 0.29) is 24.0 Å². The molecule has 1 aliphatic heterocycles. The molecule has 2 amide bonds.